The molecule has 1 aliphatic heterocycles. The van der Waals surface area contributed by atoms with Gasteiger partial charge in [0.15, 0.2) is 0 Å². The van der Waals surface area contributed by atoms with Crippen molar-refractivity contribution in [1.82, 2.24) is 4.98 Å². The van der Waals surface area contributed by atoms with Gasteiger partial charge in [0.1, 0.15) is 0 Å². The fourth-order valence-corrected chi connectivity index (χ4v) is 5.02. The average Bonchev–Trinajstić information content (AvgIpc) is 3.32. The minimum atomic E-state index is 0.859. The van der Waals surface area contributed by atoms with E-state index in [-0.39, 0.29) is 0 Å². The van der Waals surface area contributed by atoms with Crippen molar-refractivity contribution in [3.05, 3.63) is 87.5 Å². The predicted octanol–water partition coefficient (Wildman–Crippen LogP) is 7.53. The lowest BCUT2D eigenvalue weighted by atomic mass is 9.92. The Balaban J connectivity index is 1.65. The lowest BCUT2D eigenvalue weighted by Crippen LogP contribution is -1.99. The highest BCUT2D eigenvalue weighted by atomic mass is 79.9. The predicted molar refractivity (Wildman–Crippen MR) is 127 cm³/mol. The van der Waals surface area contributed by atoms with Gasteiger partial charge in [0, 0.05) is 38.9 Å². The highest BCUT2D eigenvalue weighted by Crippen LogP contribution is 2.43. The summed E-state index contributed by atoms with van der Waals surface area (Å²) in [5, 5.41) is 6.42. The monoisotopic (exact) mass is 438 g/mol. The second kappa shape index (κ2) is 6.04. The average molecular weight is 439 g/mol. The standard InChI is InChI=1S/C26H19BrN2/c1-14-3-6-17-19(9-14)20-10-15(2)4-7-18(20)26-22(17)12-25(29-26)23-13-28-24-8-5-16(27)11-21(23)24/h3-11,13,28H,12H2,1-2H3. The molecule has 5 aromatic rings. The molecule has 140 valence electrons. The summed E-state index contributed by atoms with van der Waals surface area (Å²) in [4.78, 5) is 8.59. The lowest BCUT2D eigenvalue weighted by Gasteiger charge is -2.12. The fraction of sp³-hybridized carbons (Fsp3) is 0.115. The number of rotatable bonds is 1. The molecule has 1 N–H and O–H groups in total. The van der Waals surface area contributed by atoms with Crippen molar-refractivity contribution in [2.24, 2.45) is 4.99 Å². The maximum atomic E-state index is 5.19. The zero-order valence-corrected chi connectivity index (χ0v) is 17.9. The Morgan fingerprint density at radius 2 is 1.52 bits per heavy atom. The van der Waals surface area contributed by atoms with Crippen LogP contribution in [-0.2, 0) is 6.42 Å². The van der Waals surface area contributed by atoms with Crippen LogP contribution in [0.2, 0.25) is 0 Å². The van der Waals surface area contributed by atoms with E-state index in [4.69, 9.17) is 4.99 Å². The van der Waals surface area contributed by atoms with Crippen molar-refractivity contribution in [2.45, 2.75) is 20.3 Å². The Morgan fingerprint density at radius 1 is 0.793 bits per heavy atom. The summed E-state index contributed by atoms with van der Waals surface area (Å²) < 4.78 is 1.09. The number of fused-ring (bicyclic) bond motifs is 7. The van der Waals surface area contributed by atoms with Crippen LogP contribution < -0.4 is 0 Å². The number of H-pyrrole nitrogens is 1. The first-order chi connectivity index (χ1) is 14.1. The number of hydrogen-bond donors (Lipinski definition) is 1. The molecule has 0 bridgehead atoms. The van der Waals surface area contributed by atoms with Crippen LogP contribution in [0.25, 0.3) is 32.4 Å². The summed E-state index contributed by atoms with van der Waals surface area (Å²) in [5.74, 6) is 0. The van der Waals surface area contributed by atoms with E-state index in [1.807, 2.05) is 0 Å². The van der Waals surface area contributed by atoms with E-state index in [2.05, 4.69) is 95.6 Å². The zero-order valence-electron chi connectivity index (χ0n) is 16.3. The second-order valence-corrected chi connectivity index (χ2v) is 8.97. The number of aryl methyl sites for hydroxylation is 2. The molecule has 0 unspecified atom stereocenters. The van der Waals surface area contributed by atoms with Crippen LogP contribution in [-0.4, -0.2) is 10.7 Å². The highest BCUT2D eigenvalue weighted by molar-refractivity contribution is 9.10. The van der Waals surface area contributed by atoms with Gasteiger partial charge in [-0.15, -0.1) is 0 Å². The maximum absolute atomic E-state index is 5.19. The molecule has 0 saturated carbocycles. The van der Waals surface area contributed by atoms with E-state index in [9.17, 15) is 0 Å². The van der Waals surface area contributed by atoms with E-state index in [0.29, 0.717) is 0 Å². The third-order valence-electron chi connectivity index (χ3n) is 6.05. The summed E-state index contributed by atoms with van der Waals surface area (Å²) >= 11 is 3.61. The number of benzene rings is 4. The van der Waals surface area contributed by atoms with Crippen LogP contribution in [0.4, 0.5) is 5.69 Å². The van der Waals surface area contributed by atoms with Gasteiger partial charge in [0.05, 0.1) is 11.4 Å². The first-order valence-electron chi connectivity index (χ1n) is 9.88. The third kappa shape index (κ3) is 2.50. The Morgan fingerprint density at radius 3 is 2.31 bits per heavy atom. The van der Waals surface area contributed by atoms with Crippen LogP contribution in [0.3, 0.4) is 0 Å². The van der Waals surface area contributed by atoms with Gasteiger partial charge in [-0.25, -0.2) is 0 Å². The molecule has 1 aliphatic rings. The van der Waals surface area contributed by atoms with E-state index in [1.165, 1.54) is 49.2 Å². The summed E-state index contributed by atoms with van der Waals surface area (Å²) in [6, 6.07) is 19.9. The smallest absolute Gasteiger partial charge is 0.0754 e. The second-order valence-electron chi connectivity index (χ2n) is 8.05. The minimum absolute atomic E-state index is 0.859. The summed E-state index contributed by atoms with van der Waals surface area (Å²) in [7, 11) is 0. The Kier molecular flexibility index (Phi) is 3.54. The van der Waals surface area contributed by atoms with Crippen LogP contribution in [0.15, 0.2) is 70.3 Å². The molecule has 0 spiro atoms. The number of nitrogens with zero attached hydrogens (tertiary/aromatic N) is 1. The summed E-state index contributed by atoms with van der Waals surface area (Å²) in [5.41, 5.74) is 8.52. The molecule has 2 heterocycles. The Hall–Kier alpha value is -2.91. The number of aliphatic imine (C=N–C) groups is 1. The largest absolute Gasteiger partial charge is 0.360 e. The maximum Gasteiger partial charge on any atom is 0.0754 e. The molecule has 3 heteroatoms. The number of nitrogens with one attached hydrogen (secondary N) is 1. The molecule has 0 amide bonds. The molecule has 0 radical (unpaired) electrons. The summed E-state index contributed by atoms with van der Waals surface area (Å²) in [6.07, 6.45) is 2.96. The number of aromatic nitrogens is 1. The molecule has 4 aromatic carbocycles. The van der Waals surface area contributed by atoms with Crippen molar-refractivity contribution < 1.29 is 0 Å². The highest BCUT2D eigenvalue weighted by Gasteiger charge is 2.24. The van der Waals surface area contributed by atoms with E-state index < -0.39 is 0 Å². The van der Waals surface area contributed by atoms with Gasteiger partial charge in [-0.1, -0.05) is 63.5 Å². The Bertz CT molecular complexity index is 1500. The molecule has 0 aliphatic carbocycles. The molecule has 0 saturated heterocycles. The Labute approximate surface area is 177 Å². The van der Waals surface area contributed by atoms with Gasteiger partial charge < -0.3 is 4.98 Å². The molecule has 29 heavy (non-hydrogen) atoms. The van der Waals surface area contributed by atoms with Crippen LogP contribution in [0.1, 0.15) is 22.3 Å². The number of halogens is 1. The van der Waals surface area contributed by atoms with Crippen molar-refractivity contribution in [1.29, 1.82) is 0 Å². The zero-order chi connectivity index (χ0) is 19.7. The van der Waals surface area contributed by atoms with Crippen LogP contribution in [0, 0.1) is 13.8 Å². The number of hydrogen-bond acceptors (Lipinski definition) is 1. The fourth-order valence-electron chi connectivity index (χ4n) is 4.66. The molecular weight excluding hydrogens is 420 g/mol. The van der Waals surface area contributed by atoms with Crippen molar-refractivity contribution in [3.63, 3.8) is 0 Å². The molecule has 0 fully saturated rings. The molecular formula is C26H19BrN2. The van der Waals surface area contributed by atoms with E-state index in [0.717, 1.165) is 27.8 Å². The topological polar surface area (TPSA) is 28.1 Å². The van der Waals surface area contributed by atoms with Gasteiger partial charge in [-0.2, -0.15) is 0 Å². The SMILES string of the molecule is Cc1ccc2c3c(c4ccc(C)cc4c2c1)N=C(c1c[nH]c2ccc(Br)cc12)C3. The van der Waals surface area contributed by atoms with E-state index in [1.54, 1.807) is 0 Å². The quantitative estimate of drug-likeness (QED) is 0.262. The third-order valence-corrected chi connectivity index (χ3v) is 6.55. The van der Waals surface area contributed by atoms with Crippen LogP contribution >= 0.6 is 15.9 Å². The first-order valence-corrected chi connectivity index (χ1v) is 10.7. The van der Waals surface area contributed by atoms with Gasteiger partial charge in [-0.05, 0) is 53.8 Å². The lowest BCUT2D eigenvalue weighted by molar-refractivity contribution is 1.41. The molecule has 6 rings (SSSR count). The molecule has 1 aromatic heterocycles. The van der Waals surface area contributed by atoms with Gasteiger partial charge in [-0.3, -0.25) is 4.99 Å². The first kappa shape index (κ1) is 17.0. The van der Waals surface area contributed by atoms with Crippen LogP contribution in [0.5, 0.6) is 0 Å². The molecule has 2 nitrogen and oxygen atoms in total. The van der Waals surface area contributed by atoms with E-state index >= 15 is 0 Å². The van der Waals surface area contributed by atoms with Gasteiger partial charge >= 0.3 is 0 Å². The molecule has 0 atom stereocenters. The normalized spacial score (nSPS) is 13.4. The van der Waals surface area contributed by atoms with Crippen molar-refractivity contribution in [3.8, 4) is 0 Å². The summed E-state index contributed by atoms with van der Waals surface area (Å²) in [6.45, 7) is 4.33. The van der Waals surface area contributed by atoms with Gasteiger partial charge in [0.2, 0.25) is 0 Å². The van der Waals surface area contributed by atoms with Crippen molar-refractivity contribution >= 4 is 59.8 Å². The number of aromatic amines is 1. The minimum Gasteiger partial charge on any atom is -0.360 e. The van der Waals surface area contributed by atoms with Gasteiger partial charge in [0.25, 0.3) is 0 Å². The van der Waals surface area contributed by atoms with Crippen molar-refractivity contribution in [2.75, 3.05) is 0 Å².